The average Bonchev–Trinajstić information content (AvgIpc) is 2.97. The summed E-state index contributed by atoms with van der Waals surface area (Å²) < 4.78 is 14.9. The lowest BCUT2D eigenvalue weighted by Gasteiger charge is -2.30. The van der Waals surface area contributed by atoms with E-state index < -0.39 is 6.03 Å². The van der Waals surface area contributed by atoms with E-state index in [-0.39, 0.29) is 23.5 Å². The SMILES string of the molecule is Cc1cc(C(=O)NC2CCN(C(N)=O)CC2)nn1-c1cccc(F)c1. The summed E-state index contributed by atoms with van der Waals surface area (Å²) in [7, 11) is 0. The molecule has 2 heterocycles. The Morgan fingerprint density at radius 1 is 1.28 bits per heavy atom. The van der Waals surface area contributed by atoms with Crippen LogP contribution in [0.3, 0.4) is 0 Å². The Kier molecular flexibility index (Phi) is 4.69. The summed E-state index contributed by atoms with van der Waals surface area (Å²) in [6.07, 6.45) is 1.30. The topological polar surface area (TPSA) is 93.2 Å². The quantitative estimate of drug-likeness (QED) is 0.885. The maximum Gasteiger partial charge on any atom is 0.314 e. The molecule has 1 aromatic heterocycles. The third-order valence-corrected chi connectivity index (χ3v) is 4.31. The van der Waals surface area contributed by atoms with Crippen LogP contribution in [0.5, 0.6) is 0 Å². The van der Waals surface area contributed by atoms with E-state index in [1.54, 1.807) is 30.0 Å². The Bertz CT molecular complexity index is 796. The molecule has 0 atom stereocenters. The van der Waals surface area contributed by atoms with Crippen molar-refractivity contribution < 1.29 is 14.0 Å². The summed E-state index contributed by atoms with van der Waals surface area (Å²) in [5, 5.41) is 7.21. The highest BCUT2D eigenvalue weighted by atomic mass is 19.1. The van der Waals surface area contributed by atoms with Gasteiger partial charge in [-0.3, -0.25) is 4.79 Å². The Balaban J connectivity index is 1.68. The van der Waals surface area contributed by atoms with Gasteiger partial charge in [0.05, 0.1) is 5.69 Å². The number of carbonyl (C=O) groups excluding carboxylic acids is 2. The van der Waals surface area contributed by atoms with Crippen LogP contribution in [0, 0.1) is 12.7 Å². The van der Waals surface area contributed by atoms with Crippen molar-refractivity contribution in [1.82, 2.24) is 20.0 Å². The number of amides is 3. The molecule has 3 amide bonds. The highest BCUT2D eigenvalue weighted by Crippen LogP contribution is 2.15. The van der Waals surface area contributed by atoms with Crippen molar-refractivity contribution in [3.63, 3.8) is 0 Å². The molecule has 0 aliphatic carbocycles. The molecule has 25 heavy (non-hydrogen) atoms. The van der Waals surface area contributed by atoms with Crippen LogP contribution < -0.4 is 11.1 Å². The van der Waals surface area contributed by atoms with Crippen molar-refractivity contribution in [3.05, 3.63) is 47.5 Å². The summed E-state index contributed by atoms with van der Waals surface area (Å²) in [4.78, 5) is 25.1. The summed E-state index contributed by atoms with van der Waals surface area (Å²) in [5.74, 6) is -0.643. The van der Waals surface area contributed by atoms with Crippen LogP contribution in [0.15, 0.2) is 30.3 Å². The van der Waals surface area contributed by atoms with Gasteiger partial charge in [-0.2, -0.15) is 5.10 Å². The number of primary amides is 1. The molecule has 0 spiro atoms. The normalized spacial score (nSPS) is 15.2. The zero-order chi connectivity index (χ0) is 18.0. The summed E-state index contributed by atoms with van der Waals surface area (Å²) in [6.45, 7) is 2.86. The molecule has 3 rings (SSSR count). The average molecular weight is 345 g/mol. The molecule has 8 heteroatoms. The molecule has 0 bridgehead atoms. The molecule has 1 aliphatic rings. The number of nitrogens with zero attached hydrogens (tertiary/aromatic N) is 3. The van der Waals surface area contributed by atoms with Gasteiger partial charge in [-0.1, -0.05) is 6.07 Å². The number of nitrogens with two attached hydrogens (primary N) is 1. The first-order valence-electron chi connectivity index (χ1n) is 8.12. The van der Waals surface area contributed by atoms with E-state index in [4.69, 9.17) is 5.73 Å². The Hall–Kier alpha value is -2.90. The van der Waals surface area contributed by atoms with Gasteiger partial charge in [-0.05, 0) is 44.0 Å². The number of nitrogens with one attached hydrogen (secondary N) is 1. The number of hydrogen-bond donors (Lipinski definition) is 2. The zero-order valence-corrected chi connectivity index (χ0v) is 13.9. The Morgan fingerprint density at radius 3 is 2.64 bits per heavy atom. The van der Waals surface area contributed by atoms with Crippen LogP contribution in [-0.4, -0.2) is 45.8 Å². The van der Waals surface area contributed by atoms with Crippen molar-refractivity contribution >= 4 is 11.9 Å². The number of carbonyl (C=O) groups is 2. The lowest BCUT2D eigenvalue weighted by Crippen LogP contribution is -2.48. The lowest BCUT2D eigenvalue weighted by atomic mass is 10.1. The van der Waals surface area contributed by atoms with E-state index in [1.165, 1.54) is 16.8 Å². The molecule has 2 aromatic rings. The van der Waals surface area contributed by atoms with Gasteiger partial charge in [0.25, 0.3) is 5.91 Å². The number of piperidine rings is 1. The van der Waals surface area contributed by atoms with Gasteiger partial charge >= 0.3 is 6.03 Å². The molecule has 1 aliphatic heterocycles. The molecule has 7 nitrogen and oxygen atoms in total. The number of aryl methyl sites for hydroxylation is 1. The minimum Gasteiger partial charge on any atom is -0.351 e. The van der Waals surface area contributed by atoms with E-state index in [2.05, 4.69) is 10.4 Å². The van der Waals surface area contributed by atoms with E-state index in [0.717, 1.165) is 5.69 Å². The summed E-state index contributed by atoms with van der Waals surface area (Å²) in [6, 6.07) is 7.24. The number of urea groups is 1. The van der Waals surface area contributed by atoms with Gasteiger partial charge in [0.2, 0.25) is 0 Å². The number of likely N-dealkylation sites (tertiary alicyclic amines) is 1. The molecular formula is C17H20FN5O2. The fraction of sp³-hybridized carbons (Fsp3) is 0.353. The van der Waals surface area contributed by atoms with Crippen LogP contribution >= 0.6 is 0 Å². The van der Waals surface area contributed by atoms with Gasteiger partial charge < -0.3 is 16.0 Å². The Morgan fingerprint density at radius 2 is 2.00 bits per heavy atom. The highest BCUT2D eigenvalue weighted by molar-refractivity contribution is 5.92. The van der Waals surface area contributed by atoms with Crippen LogP contribution in [0.1, 0.15) is 29.0 Å². The number of aromatic nitrogens is 2. The number of halogens is 1. The monoisotopic (exact) mass is 345 g/mol. The number of benzene rings is 1. The molecule has 1 fully saturated rings. The second-order valence-electron chi connectivity index (χ2n) is 6.14. The maximum atomic E-state index is 13.4. The van der Waals surface area contributed by atoms with E-state index >= 15 is 0 Å². The van der Waals surface area contributed by atoms with Gasteiger partial charge in [-0.25, -0.2) is 13.9 Å². The summed E-state index contributed by atoms with van der Waals surface area (Å²) in [5.41, 5.74) is 6.82. The minimum atomic E-state index is -0.436. The van der Waals surface area contributed by atoms with Crippen molar-refractivity contribution in [2.75, 3.05) is 13.1 Å². The first kappa shape index (κ1) is 16.9. The largest absolute Gasteiger partial charge is 0.351 e. The molecule has 0 saturated carbocycles. The molecule has 132 valence electrons. The van der Waals surface area contributed by atoms with Crippen LogP contribution in [-0.2, 0) is 0 Å². The standard InChI is InChI=1S/C17H20FN5O2/c1-11-9-15(21-23(11)14-4-2-3-12(18)10-14)16(24)20-13-5-7-22(8-6-13)17(19)25/h2-4,9-10,13H,5-8H2,1H3,(H2,19,25)(H,20,24). The van der Waals surface area contributed by atoms with Crippen molar-refractivity contribution in [2.24, 2.45) is 5.73 Å². The highest BCUT2D eigenvalue weighted by Gasteiger charge is 2.24. The van der Waals surface area contributed by atoms with Crippen LogP contribution in [0.2, 0.25) is 0 Å². The van der Waals surface area contributed by atoms with Crippen molar-refractivity contribution in [1.29, 1.82) is 0 Å². The van der Waals surface area contributed by atoms with Crippen LogP contribution in [0.4, 0.5) is 9.18 Å². The third-order valence-electron chi connectivity index (χ3n) is 4.31. The van der Waals surface area contributed by atoms with E-state index in [0.29, 0.717) is 31.6 Å². The lowest BCUT2D eigenvalue weighted by molar-refractivity contribution is 0.0913. The predicted molar refractivity (Wildman–Crippen MR) is 89.9 cm³/mol. The second kappa shape index (κ2) is 6.92. The zero-order valence-electron chi connectivity index (χ0n) is 13.9. The minimum absolute atomic E-state index is 0.0253. The number of hydrogen-bond acceptors (Lipinski definition) is 3. The maximum absolute atomic E-state index is 13.4. The van der Waals surface area contributed by atoms with Crippen molar-refractivity contribution in [2.45, 2.75) is 25.8 Å². The van der Waals surface area contributed by atoms with E-state index in [9.17, 15) is 14.0 Å². The first-order valence-corrected chi connectivity index (χ1v) is 8.12. The molecular weight excluding hydrogens is 325 g/mol. The van der Waals surface area contributed by atoms with Gasteiger partial charge in [0.1, 0.15) is 5.82 Å². The van der Waals surface area contributed by atoms with Crippen molar-refractivity contribution in [3.8, 4) is 5.69 Å². The summed E-state index contributed by atoms with van der Waals surface area (Å²) >= 11 is 0. The number of rotatable bonds is 3. The molecule has 1 saturated heterocycles. The van der Waals surface area contributed by atoms with Gasteiger partial charge in [0.15, 0.2) is 5.69 Å². The van der Waals surface area contributed by atoms with E-state index in [1.807, 2.05) is 0 Å². The molecule has 3 N–H and O–H groups in total. The predicted octanol–water partition coefficient (Wildman–Crippen LogP) is 1.59. The Labute approximate surface area is 144 Å². The first-order chi connectivity index (χ1) is 11.9. The third kappa shape index (κ3) is 3.78. The van der Waals surface area contributed by atoms with Gasteiger partial charge in [-0.15, -0.1) is 0 Å². The van der Waals surface area contributed by atoms with Gasteiger partial charge in [0, 0.05) is 24.8 Å². The fourth-order valence-electron chi connectivity index (χ4n) is 2.96. The van der Waals surface area contributed by atoms with Crippen LogP contribution in [0.25, 0.3) is 5.69 Å². The molecule has 0 radical (unpaired) electrons. The second-order valence-corrected chi connectivity index (χ2v) is 6.14. The molecule has 0 unspecified atom stereocenters. The fourth-order valence-corrected chi connectivity index (χ4v) is 2.96. The molecule has 1 aromatic carbocycles. The smallest absolute Gasteiger partial charge is 0.314 e.